The molecule has 0 aromatic heterocycles. The van der Waals surface area contributed by atoms with Crippen LogP contribution >= 0.6 is 0 Å². The summed E-state index contributed by atoms with van der Waals surface area (Å²) in [6.07, 6.45) is 3.84. The lowest BCUT2D eigenvalue weighted by Gasteiger charge is -2.26. The number of carbonyl (C=O) groups excluding carboxylic acids is 2. The third-order valence-electron chi connectivity index (χ3n) is 4.86. The van der Waals surface area contributed by atoms with Crippen molar-refractivity contribution in [1.82, 2.24) is 10.6 Å². The van der Waals surface area contributed by atoms with E-state index in [0.29, 0.717) is 0 Å². The fraction of sp³-hybridized carbons (Fsp3) is 0.556. The second-order valence-corrected chi connectivity index (χ2v) is 6.43. The number of rotatable bonds is 5. The number of hydrogen-bond donors (Lipinski definition) is 2. The summed E-state index contributed by atoms with van der Waals surface area (Å²) in [7, 11) is 1.42. The fourth-order valence-electron chi connectivity index (χ4n) is 3.43. The number of benzene rings is 1. The van der Waals surface area contributed by atoms with Crippen molar-refractivity contribution in [3.8, 4) is 0 Å². The first-order valence-corrected chi connectivity index (χ1v) is 8.37. The second kappa shape index (κ2) is 7.13. The summed E-state index contributed by atoms with van der Waals surface area (Å²) in [6.45, 7) is 0.891. The Morgan fingerprint density at radius 1 is 1.26 bits per heavy atom. The molecule has 5 heteroatoms. The normalized spacial score (nSPS) is 27.8. The molecule has 0 radical (unpaired) electrons. The van der Waals surface area contributed by atoms with Gasteiger partial charge in [-0.05, 0) is 37.3 Å². The lowest BCUT2D eigenvalue weighted by atomic mass is 9.99. The van der Waals surface area contributed by atoms with Crippen molar-refractivity contribution in [2.75, 3.05) is 13.7 Å². The van der Waals surface area contributed by atoms with Crippen molar-refractivity contribution >= 4 is 11.9 Å². The van der Waals surface area contributed by atoms with E-state index in [4.69, 9.17) is 4.74 Å². The highest BCUT2D eigenvalue weighted by atomic mass is 16.5. The van der Waals surface area contributed by atoms with E-state index in [2.05, 4.69) is 10.6 Å². The molecule has 1 heterocycles. The summed E-state index contributed by atoms with van der Waals surface area (Å²) in [5.74, 6) is -0.128. The molecule has 23 heavy (non-hydrogen) atoms. The minimum Gasteiger partial charge on any atom is -0.469 e. The van der Waals surface area contributed by atoms with Gasteiger partial charge in [0.05, 0.1) is 25.1 Å². The number of nitrogens with one attached hydrogen (secondary N) is 2. The molecular formula is C18H24N2O3. The van der Waals surface area contributed by atoms with Gasteiger partial charge in [0.2, 0.25) is 5.91 Å². The third-order valence-corrected chi connectivity index (χ3v) is 4.86. The van der Waals surface area contributed by atoms with Crippen LogP contribution in [0.25, 0.3) is 0 Å². The molecule has 1 saturated heterocycles. The summed E-state index contributed by atoms with van der Waals surface area (Å²) in [4.78, 5) is 24.3. The predicted octanol–water partition coefficient (Wildman–Crippen LogP) is 1.80. The molecule has 1 aliphatic heterocycles. The van der Waals surface area contributed by atoms with Crippen LogP contribution in [-0.2, 0) is 14.3 Å². The minimum absolute atomic E-state index is 0.0362. The standard InChI is InChI=1S/C18H24N2O3/c1-23-18(22)14-11-13(14)16(12-7-3-2-4-8-12)20-17(21)15-9-5-6-10-19-15/h2-4,7-8,13-16,19H,5-6,9-11H2,1H3,(H,20,21)/t13?,14?,15-,16?/m1/s1. The number of piperidine rings is 1. The summed E-state index contributed by atoms with van der Waals surface area (Å²) in [5.41, 5.74) is 1.05. The number of ether oxygens (including phenoxy) is 1. The smallest absolute Gasteiger partial charge is 0.309 e. The van der Waals surface area contributed by atoms with Gasteiger partial charge in [0.15, 0.2) is 0 Å². The zero-order valence-electron chi connectivity index (χ0n) is 13.5. The van der Waals surface area contributed by atoms with E-state index < -0.39 is 0 Å². The minimum atomic E-state index is -0.180. The quantitative estimate of drug-likeness (QED) is 0.813. The lowest BCUT2D eigenvalue weighted by molar-refractivity contribution is -0.142. The average molecular weight is 316 g/mol. The van der Waals surface area contributed by atoms with Gasteiger partial charge in [-0.3, -0.25) is 9.59 Å². The van der Waals surface area contributed by atoms with E-state index >= 15 is 0 Å². The molecule has 124 valence electrons. The van der Waals surface area contributed by atoms with Crippen molar-refractivity contribution in [3.05, 3.63) is 35.9 Å². The van der Waals surface area contributed by atoms with E-state index in [0.717, 1.165) is 37.8 Å². The Balaban J connectivity index is 1.71. The molecule has 2 fully saturated rings. The van der Waals surface area contributed by atoms with Gasteiger partial charge in [-0.1, -0.05) is 36.8 Å². The fourth-order valence-corrected chi connectivity index (χ4v) is 3.43. The molecule has 2 N–H and O–H groups in total. The van der Waals surface area contributed by atoms with Crippen LogP contribution in [0, 0.1) is 11.8 Å². The summed E-state index contributed by atoms with van der Waals surface area (Å²) in [6, 6.07) is 9.64. The molecule has 1 aromatic carbocycles. The van der Waals surface area contributed by atoms with Crippen LogP contribution in [0.2, 0.25) is 0 Å². The number of hydrogen-bond acceptors (Lipinski definition) is 4. The third kappa shape index (κ3) is 3.72. The zero-order valence-corrected chi connectivity index (χ0v) is 13.5. The van der Waals surface area contributed by atoms with Crippen LogP contribution in [0.1, 0.15) is 37.3 Å². The van der Waals surface area contributed by atoms with Crippen molar-refractivity contribution in [2.45, 2.75) is 37.8 Å². The first-order valence-electron chi connectivity index (χ1n) is 8.37. The largest absolute Gasteiger partial charge is 0.469 e. The van der Waals surface area contributed by atoms with Crippen LogP contribution in [0.4, 0.5) is 0 Å². The maximum atomic E-state index is 12.6. The van der Waals surface area contributed by atoms with Crippen LogP contribution in [0.15, 0.2) is 30.3 Å². The van der Waals surface area contributed by atoms with Gasteiger partial charge >= 0.3 is 5.97 Å². The highest BCUT2D eigenvalue weighted by Gasteiger charge is 2.49. The van der Waals surface area contributed by atoms with E-state index in [9.17, 15) is 9.59 Å². The summed E-state index contributed by atoms with van der Waals surface area (Å²) >= 11 is 0. The van der Waals surface area contributed by atoms with Crippen molar-refractivity contribution in [1.29, 1.82) is 0 Å². The Labute approximate surface area is 136 Å². The van der Waals surface area contributed by atoms with E-state index in [1.54, 1.807) is 0 Å². The Morgan fingerprint density at radius 2 is 2.04 bits per heavy atom. The van der Waals surface area contributed by atoms with Crippen LogP contribution in [0.5, 0.6) is 0 Å². The molecule has 0 spiro atoms. The van der Waals surface area contributed by atoms with Crippen molar-refractivity contribution in [3.63, 3.8) is 0 Å². The van der Waals surface area contributed by atoms with Crippen LogP contribution < -0.4 is 10.6 Å². The molecule has 5 nitrogen and oxygen atoms in total. The number of methoxy groups -OCH3 is 1. The zero-order chi connectivity index (χ0) is 16.2. The first-order chi connectivity index (χ1) is 11.2. The molecule has 3 unspecified atom stereocenters. The number of esters is 1. The van der Waals surface area contributed by atoms with Crippen LogP contribution in [0.3, 0.4) is 0 Å². The lowest BCUT2D eigenvalue weighted by Crippen LogP contribution is -2.48. The maximum absolute atomic E-state index is 12.6. The SMILES string of the molecule is COC(=O)C1CC1C(NC(=O)[C@H]1CCCCN1)c1ccccc1. The number of amides is 1. The van der Waals surface area contributed by atoms with Crippen molar-refractivity contribution < 1.29 is 14.3 Å². The molecule has 1 saturated carbocycles. The Bertz CT molecular complexity index is 555. The highest BCUT2D eigenvalue weighted by molar-refractivity contribution is 5.83. The Kier molecular flexibility index (Phi) is 4.96. The highest BCUT2D eigenvalue weighted by Crippen LogP contribution is 2.48. The summed E-state index contributed by atoms with van der Waals surface area (Å²) in [5, 5.41) is 6.44. The van der Waals surface area contributed by atoms with Gasteiger partial charge in [0, 0.05) is 0 Å². The molecule has 1 aromatic rings. The van der Waals surface area contributed by atoms with Gasteiger partial charge in [-0.15, -0.1) is 0 Å². The molecule has 0 bridgehead atoms. The summed E-state index contributed by atoms with van der Waals surface area (Å²) < 4.78 is 4.85. The Hall–Kier alpha value is -1.88. The maximum Gasteiger partial charge on any atom is 0.309 e. The van der Waals surface area contributed by atoms with E-state index in [1.807, 2.05) is 30.3 Å². The van der Waals surface area contributed by atoms with Gasteiger partial charge in [0.1, 0.15) is 0 Å². The van der Waals surface area contributed by atoms with Crippen molar-refractivity contribution in [2.24, 2.45) is 11.8 Å². The van der Waals surface area contributed by atoms with Crippen LogP contribution in [-0.4, -0.2) is 31.6 Å². The van der Waals surface area contributed by atoms with E-state index in [1.165, 1.54) is 7.11 Å². The Morgan fingerprint density at radius 3 is 2.70 bits per heavy atom. The van der Waals surface area contributed by atoms with Gasteiger partial charge in [-0.25, -0.2) is 0 Å². The first kappa shape index (κ1) is 16.0. The molecule has 1 amide bonds. The molecule has 1 aliphatic carbocycles. The predicted molar refractivity (Wildman–Crippen MR) is 86.6 cm³/mol. The van der Waals surface area contributed by atoms with E-state index in [-0.39, 0.29) is 35.8 Å². The molecule has 4 atom stereocenters. The van der Waals surface area contributed by atoms with Gasteiger partial charge in [-0.2, -0.15) is 0 Å². The molecule has 2 aliphatic rings. The monoisotopic (exact) mass is 316 g/mol. The molecule has 3 rings (SSSR count). The van der Waals surface area contributed by atoms with Gasteiger partial charge in [0.25, 0.3) is 0 Å². The molecular weight excluding hydrogens is 292 g/mol. The van der Waals surface area contributed by atoms with Gasteiger partial charge < -0.3 is 15.4 Å². The average Bonchev–Trinajstić information content (AvgIpc) is 3.40. The topological polar surface area (TPSA) is 67.4 Å². The number of carbonyl (C=O) groups is 2. The second-order valence-electron chi connectivity index (χ2n) is 6.43.